The fourth-order valence-electron chi connectivity index (χ4n) is 2.32. The monoisotopic (exact) mass is 379 g/mol. The van der Waals surface area contributed by atoms with Crippen molar-refractivity contribution >= 4 is 23.6 Å². The molecule has 0 aliphatic heterocycles. The summed E-state index contributed by atoms with van der Waals surface area (Å²) in [6.45, 7) is 1.77. The van der Waals surface area contributed by atoms with Crippen LogP contribution in [0.4, 0.5) is 5.69 Å². The Morgan fingerprint density at radius 2 is 1.86 bits per heavy atom. The van der Waals surface area contributed by atoms with Gasteiger partial charge in [0, 0.05) is 12.7 Å². The predicted octanol–water partition coefficient (Wildman–Crippen LogP) is 2.67. The molecule has 0 aliphatic carbocycles. The normalized spacial score (nSPS) is 10.6. The van der Waals surface area contributed by atoms with Gasteiger partial charge in [0.15, 0.2) is 18.1 Å². The Labute approximate surface area is 163 Å². The summed E-state index contributed by atoms with van der Waals surface area (Å²) in [6, 6.07) is 14.2. The van der Waals surface area contributed by atoms with Crippen molar-refractivity contribution in [2.75, 3.05) is 26.1 Å². The lowest BCUT2D eigenvalue weighted by Gasteiger charge is -2.12. The molecule has 2 aromatic rings. The molecular weight excluding hydrogens is 358 g/mol. The second-order valence-corrected chi connectivity index (χ2v) is 5.86. The summed E-state index contributed by atoms with van der Waals surface area (Å²) in [5.74, 6) is -0.0286. The number of likely N-dealkylation sites (N-methyl/N-ethyl adjacent to an activating group) is 1. The van der Waals surface area contributed by atoms with Gasteiger partial charge < -0.3 is 20.1 Å². The van der Waals surface area contributed by atoms with Crippen molar-refractivity contribution in [2.24, 2.45) is 0 Å². The first-order valence-electron chi connectivity index (χ1n) is 8.48. The summed E-state index contributed by atoms with van der Waals surface area (Å²) in [4.78, 5) is 23.7. The van der Waals surface area contributed by atoms with Gasteiger partial charge in [-0.2, -0.15) is 5.26 Å². The molecule has 0 saturated carbocycles. The van der Waals surface area contributed by atoms with Gasteiger partial charge in [-0.05, 0) is 42.8 Å². The average Bonchev–Trinajstić information content (AvgIpc) is 2.71. The number of nitrogens with zero attached hydrogens (tertiary/aromatic N) is 1. The molecule has 2 amide bonds. The van der Waals surface area contributed by atoms with Gasteiger partial charge in [-0.25, -0.2) is 0 Å². The van der Waals surface area contributed by atoms with Crippen molar-refractivity contribution in [1.82, 2.24) is 5.32 Å². The molecule has 0 bridgehead atoms. The van der Waals surface area contributed by atoms with Crippen molar-refractivity contribution in [1.29, 1.82) is 5.26 Å². The second-order valence-electron chi connectivity index (χ2n) is 5.86. The summed E-state index contributed by atoms with van der Waals surface area (Å²) in [5.41, 5.74) is 2.35. The van der Waals surface area contributed by atoms with E-state index in [9.17, 15) is 9.59 Å². The van der Waals surface area contributed by atoms with Crippen molar-refractivity contribution in [3.05, 3.63) is 59.2 Å². The summed E-state index contributed by atoms with van der Waals surface area (Å²) in [5, 5.41) is 14.2. The predicted molar refractivity (Wildman–Crippen MR) is 106 cm³/mol. The molecule has 2 N–H and O–H groups in total. The SMILES string of the molecule is CNC(=O)/C(C#N)=C/c1ccc(OCC(=O)Nc2ccc(C)cc2)c(OC)c1. The van der Waals surface area contributed by atoms with Crippen LogP contribution >= 0.6 is 0 Å². The third-order valence-electron chi connectivity index (χ3n) is 3.78. The van der Waals surface area contributed by atoms with E-state index in [1.54, 1.807) is 18.2 Å². The fraction of sp³-hybridized carbons (Fsp3) is 0.190. The average molecular weight is 379 g/mol. The van der Waals surface area contributed by atoms with Gasteiger partial charge in [-0.15, -0.1) is 0 Å². The van der Waals surface area contributed by atoms with Crippen LogP contribution in [0.1, 0.15) is 11.1 Å². The lowest BCUT2D eigenvalue weighted by Crippen LogP contribution is -2.20. The van der Waals surface area contributed by atoms with Gasteiger partial charge in [-0.3, -0.25) is 9.59 Å². The summed E-state index contributed by atoms with van der Waals surface area (Å²) < 4.78 is 10.8. The fourth-order valence-corrected chi connectivity index (χ4v) is 2.32. The molecule has 7 heteroatoms. The van der Waals surface area contributed by atoms with Gasteiger partial charge in [0.25, 0.3) is 11.8 Å². The minimum absolute atomic E-state index is 0.0318. The summed E-state index contributed by atoms with van der Waals surface area (Å²) >= 11 is 0. The molecule has 0 atom stereocenters. The number of carbonyl (C=O) groups is 2. The molecule has 2 aromatic carbocycles. The van der Waals surface area contributed by atoms with Crippen LogP contribution in [-0.2, 0) is 9.59 Å². The molecule has 0 spiro atoms. The van der Waals surface area contributed by atoms with Crippen molar-refractivity contribution in [3.63, 3.8) is 0 Å². The number of methoxy groups -OCH3 is 1. The van der Waals surface area contributed by atoms with E-state index in [-0.39, 0.29) is 18.1 Å². The molecule has 0 saturated heterocycles. The minimum atomic E-state index is -0.477. The van der Waals surface area contributed by atoms with Crippen LogP contribution in [0.15, 0.2) is 48.0 Å². The maximum absolute atomic E-state index is 12.1. The van der Waals surface area contributed by atoms with Crippen molar-refractivity contribution < 1.29 is 19.1 Å². The van der Waals surface area contributed by atoms with E-state index in [4.69, 9.17) is 14.7 Å². The third kappa shape index (κ3) is 5.61. The number of anilines is 1. The Kier molecular flexibility index (Phi) is 7.17. The number of hydrogen-bond acceptors (Lipinski definition) is 5. The lowest BCUT2D eigenvalue weighted by molar-refractivity contribution is -0.118. The molecule has 2 rings (SSSR count). The van der Waals surface area contributed by atoms with E-state index >= 15 is 0 Å². The molecule has 144 valence electrons. The van der Waals surface area contributed by atoms with E-state index in [2.05, 4.69) is 10.6 Å². The topological polar surface area (TPSA) is 100 Å². The highest BCUT2D eigenvalue weighted by molar-refractivity contribution is 6.01. The number of ether oxygens (including phenoxy) is 2. The van der Waals surface area contributed by atoms with Gasteiger partial charge in [0.2, 0.25) is 0 Å². The van der Waals surface area contributed by atoms with Crippen molar-refractivity contribution in [2.45, 2.75) is 6.92 Å². The Bertz CT molecular complexity index is 928. The number of aryl methyl sites for hydroxylation is 1. The first-order chi connectivity index (χ1) is 13.5. The number of carbonyl (C=O) groups excluding carboxylic acids is 2. The summed E-state index contributed by atoms with van der Waals surface area (Å²) in [7, 11) is 2.92. The van der Waals surface area contributed by atoms with Crippen LogP contribution in [0.2, 0.25) is 0 Å². The first-order valence-corrected chi connectivity index (χ1v) is 8.48. The largest absolute Gasteiger partial charge is 0.493 e. The smallest absolute Gasteiger partial charge is 0.262 e. The number of nitriles is 1. The molecule has 0 aliphatic rings. The van der Waals surface area contributed by atoms with E-state index in [1.165, 1.54) is 20.2 Å². The number of benzene rings is 2. The van der Waals surface area contributed by atoms with E-state index in [1.807, 2.05) is 37.3 Å². The van der Waals surface area contributed by atoms with E-state index in [0.29, 0.717) is 22.7 Å². The quantitative estimate of drug-likeness (QED) is 0.569. The molecule has 0 heterocycles. The van der Waals surface area contributed by atoms with Gasteiger partial charge in [-0.1, -0.05) is 23.8 Å². The number of amides is 2. The Hall–Kier alpha value is -3.79. The van der Waals surface area contributed by atoms with E-state index in [0.717, 1.165) is 5.56 Å². The van der Waals surface area contributed by atoms with Gasteiger partial charge in [0.05, 0.1) is 7.11 Å². The van der Waals surface area contributed by atoms with Crippen LogP contribution in [0.5, 0.6) is 11.5 Å². The maximum atomic E-state index is 12.1. The number of rotatable bonds is 7. The third-order valence-corrected chi connectivity index (χ3v) is 3.78. The number of nitrogens with one attached hydrogen (secondary N) is 2. The maximum Gasteiger partial charge on any atom is 0.262 e. The highest BCUT2D eigenvalue weighted by Gasteiger charge is 2.11. The molecule has 0 fully saturated rings. The molecular formula is C21H21N3O4. The molecule has 0 aromatic heterocycles. The first kappa shape index (κ1) is 20.5. The van der Waals surface area contributed by atoms with Gasteiger partial charge in [0.1, 0.15) is 11.6 Å². The van der Waals surface area contributed by atoms with Gasteiger partial charge >= 0.3 is 0 Å². The van der Waals surface area contributed by atoms with E-state index < -0.39 is 5.91 Å². The molecule has 7 nitrogen and oxygen atoms in total. The Morgan fingerprint density at radius 1 is 1.14 bits per heavy atom. The minimum Gasteiger partial charge on any atom is -0.493 e. The molecule has 0 unspecified atom stereocenters. The molecule has 0 radical (unpaired) electrons. The highest BCUT2D eigenvalue weighted by atomic mass is 16.5. The van der Waals surface area contributed by atoms with Crippen LogP contribution < -0.4 is 20.1 Å². The second kappa shape index (κ2) is 9.78. The van der Waals surface area contributed by atoms with Crippen molar-refractivity contribution in [3.8, 4) is 17.6 Å². The summed E-state index contributed by atoms with van der Waals surface area (Å²) in [6.07, 6.45) is 1.44. The Morgan fingerprint density at radius 3 is 2.46 bits per heavy atom. The van der Waals surface area contributed by atoms with Crippen LogP contribution in [0, 0.1) is 18.3 Å². The zero-order valence-electron chi connectivity index (χ0n) is 15.9. The Balaban J connectivity index is 2.06. The standard InChI is InChI=1S/C21H21N3O4/c1-14-4-7-17(8-5-14)24-20(25)13-28-18-9-6-15(11-19(18)27-3)10-16(12-22)21(26)23-2/h4-11H,13H2,1-3H3,(H,23,26)(H,24,25)/b16-10+. The van der Waals surface area contributed by atoms with Crippen LogP contribution in [-0.4, -0.2) is 32.6 Å². The zero-order valence-corrected chi connectivity index (χ0v) is 15.9. The lowest BCUT2D eigenvalue weighted by atomic mass is 10.1. The van der Waals surface area contributed by atoms with Crippen LogP contribution in [0.3, 0.4) is 0 Å². The zero-order chi connectivity index (χ0) is 20.5. The van der Waals surface area contributed by atoms with Crippen LogP contribution in [0.25, 0.3) is 6.08 Å². The molecule has 28 heavy (non-hydrogen) atoms. The number of hydrogen-bond donors (Lipinski definition) is 2. The highest BCUT2D eigenvalue weighted by Crippen LogP contribution is 2.29.